The van der Waals surface area contributed by atoms with Gasteiger partial charge in [0.2, 0.25) is 0 Å². The van der Waals surface area contributed by atoms with Gasteiger partial charge in [0, 0.05) is 13.0 Å². The van der Waals surface area contributed by atoms with Gasteiger partial charge in [0.05, 0.1) is 13.4 Å². The number of carbonyl (C=O) groups is 1. The lowest BCUT2D eigenvalue weighted by atomic mass is 10.2. The minimum atomic E-state index is -1.16. The predicted molar refractivity (Wildman–Crippen MR) is 62.4 cm³/mol. The van der Waals surface area contributed by atoms with Crippen molar-refractivity contribution in [3.63, 3.8) is 0 Å². The molecule has 2 heterocycles. The molecule has 0 amide bonds. The van der Waals surface area contributed by atoms with Crippen molar-refractivity contribution in [3.8, 4) is 0 Å². The van der Waals surface area contributed by atoms with Crippen molar-refractivity contribution in [2.24, 2.45) is 0 Å². The van der Waals surface area contributed by atoms with Gasteiger partial charge < -0.3 is 20.1 Å². The van der Waals surface area contributed by atoms with E-state index in [4.69, 9.17) is 5.73 Å². The number of nitrogens with zero attached hydrogens (tertiary/aromatic N) is 4. The summed E-state index contributed by atoms with van der Waals surface area (Å²) in [6.07, 6.45) is 1.93. The second-order valence-corrected chi connectivity index (χ2v) is 3.70. The van der Waals surface area contributed by atoms with E-state index in [2.05, 4.69) is 19.7 Å². The van der Waals surface area contributed by atoms with E-state index in [-0.39, 0.29) is 6.42 Å². The number of nitrogens with two attached hydrogens (primary N) is 1. The Morgan fingerprint density at radius 2 is 2.33 bits per heavy atom. The van der Waals surface area contributed by atoms with E-state index in [1.807, 2.05) is 0 Å². The quantitative estimate of drug-likeness (QED) is 0.692. The molecule has 0 radical (unpaired) electrons. The maximum Gasteiger partial charge on any atom is 0.334 e. The zero-order chi connectivity index (χ0) is 13.1. The molecule has 0 spiro atoms. The number of aliphatic hydroxyl groups is 1. The standard InChI is InChI=1S/C10H13N5O3/c1-18-10(17)6(16)2-3-15-5-14-7-8(11)12-4-13-9(7)15/h4-6,16H,2-3H2,1H3,(H2,11,12,13)/t6-/m0/s1. The maximum absolute atomic E-state index is 11.0. The molecule has 0 saturated heterocycles. The monoisotopic (exact) mass is 251 g/mol. The van der Waals surface area contributed by atoms with Gasteiger partial charge in [-0.25, -0.2) is 19.7 Å². The summed E-state index contributed by atoms with van der Waals surface area (Å²) in [5.74, 6) is -0.360. The van der Waals surface area contributed by atoms with Gasteiger partial charge >= 0.3 is 5.97 Å². The number of methoxy groups -OCH3 is 1. The molecule has 18 heavy (non-hydrogen) atoms. The number of imidazole rings is 1. The van der Waals surface area contributed by atoms with Crippen molar-refractivity contribution in [3.05, 3.63) is 12.7 Å². The first-order chi connectivity index (χ1) is 8.63. The van der Waals surface area contributed by atoms with Crippen molar-refractivity contribution >= 4 is 23.0 Å². The van der Waals surface area contributed by atoms with Crippen molar-refractivity contribution in [2.45, 2.75) is 19.1 Å². The Morgan fingerprint density at radius 1 is 1.56 bits per heavy atom. The minimum Gasteiger partial charge on any atom is -0.467 e. The number of rotatable bonds is 4. The molecule has 0 unspecified atom stereocenters. The number of hydrogen-bond donors (Lipinski definition) is 2. The number of ether oxygens (including phenoxy) is 1. The summed E-state index contributed by atoms with van der Waals surface area (Å²) < 4.78 is 6.12. The van der Waals surface area contributed by atoms with Gasteiger partial charge in [0.1, 0.15) is 11.8 Å². The first-order valence-corrected chi connectivity index (χ1v) is 5.30. The largest absolute Gasteiger partial charge is 0.467 e. The molecule has 2 aromatic rings. The number of fused-ring (bicyclic) bond motifs is 1. The zero-order valence-corrected chi connectivity index (χ0v) is 9.78. The molecule has 0 fully saturated rings. The minimum absolute atomic E-state index is 0.210. The smallest absolute Gasteiger partial charge is 0.334 e. The Morgan fingerprint density at radius 3 is 3.06 bits per heavy atom. The highest BCUT2D eigenvalue weighted by molar-refractivity contribution is 5.81. The van der Waals surface area contributed by atoms with Crippen LogP contribution in [0, 0.1) is 0 Å². The molecule has 2 aromatic heterocycles. The van der Waals surface area contributed by atoms with E-state index in [1.165, 1.54) is 13.4 Å². The predicted octanol–water partition coefficient (Wildman–Crippen LogP) is -0.668. The molecule has 2 rings (SSSR count). The first kappa shape index (κ1) is 12.2. The van der Waals surface area contributed by atoms with E-state index < -0.39 is 12.1 Å². The van der Waals surface area contributed by atoms with Crippen LogP contribution in [0.2, 0.25) is 0 Å². The van der Waals surface area contributed by atoms with E-state index in [0.29, 0.717) is 23.5 Å². The molecule has 8 heteroatoms. The van der Waals surface area contributed by atoms with Crippen molar-refractivity contribution in [1.82, 2.24) is 19.5 Å². The topological polar surface area (TPSA) is 116 Å². The highest BCUT2D eigenvalue weighted by atomic mass is 16.5. The maximum atomic E-state index is 11.0. The number of anilines is 1. The van der Waals surface area contributed by atoms with E-state index in [9.17, 15) is 9.90 Å². The number of esters is 1. The molecule has 0 aliphatic heterocycles. The van der Waals surface area contributed by atoms with Crippen LogP contribution in [-0.2, 0) is 16.1 Å². The third kappa shape index (κ3) is 2.23. The van der Waals surface area contributed by atoms with Gasteiger partial charge in [0.25, 0.3) is 0 Å². The number of nitrogen functional groups attached to an aromatic ring is 1. The van der Waals surface area contributed by atoms with Gasteiger partial charge in [-0.2, -0.15) is 0 Å². The third-order valence-corrected chi connectivity index (χ3v) is 2.55. The van der Waals surface area contributed by atoms with Gasteiger partial charge in [-0.15, -0.1) is 0 Å². The second kappa shape index (κ2) is 4.96. The number of aryl methyl sites for hydroxylation is 1. The Labute approximate surface area is 102 Å². The average molecular weight is 251 g/mol. The van der Waals surface area contributed by atoms with E-state index >= 15 is 0 Å². The van der Waals surface area contributed by atoms with Crippen LogP contribution in [0.5, 0.6) is 0 Å². The number of hydrogen-bond acceptors (Lipinski definition) is 7. The van der Waals surface area contributed by atoms with Crippen LogP contribution < -0.4 is 5.73 Å². The summed E-state index contributed by atoms with van der Waals surface area (Å²) in [6.45, 7) is 0.378. The molecule has 0 aliphatic rings. The Bertz CT molecular complexity index is 568. The van der Waals surface area contributed by atoms with Crippen LogP contribution in [0.15, 0.2) is 12.7 Å². The highest BCUT2D eigenvalue weighted by Gasteiger charge is 2.16. The van der Waals surface area contributed by atoms with Crippen molar-refractivity contribution < 1.29 is 14.6 Å². The molecular formula is C10H13N5O3. The fourth-order valence-electron chi connectivity index (χ4n) is 1.58. The molecule has 0 aliphatic carbocycles. The van der Waals surface area contributed by atoms with Crippen molar-refractivity contribution in [2.75, 3.05) is 12.8 Å². The zero-order valence-electron chi connectivity index (χ0n) is 9.78. The SMILES string of the molecule is COC(=O)[C@@H](O)CCn1cnc2c(N)ncnc21. The molecular weight excluding hydrogens is 238 g/mol. The second-order valence-electron chi connectivity index (χ2n) is 3.70. The molecule has 8 nitrogen and oxygen atoms in total. The lowest BCUT2D eigenvalue weighted by molar-refractivity contribution is -0.150. The summed E-state index contributed by atoms with van der Waals surface area (Å²) in [4.78, 5) is 23.0. The normalized spacial score (nSPS) is 12.6. The highest BCUT2D eigenvalue weighted by Crippen LogP contribution is 2.14. The van der Waals surface area contributed by atoms with Gasteiger partial charge in [-0.05, 0) is 0 Å². The van der Waals surface area contributed by atoms with Gasteiger partial charge in [-0.3, -0.25) is 0 Å². The molecule has 0 aromatic carbocycles. The lowest BCUT2D eigenvalue weighted by Gasteiger charge is -2.08. The molecule has 96 valence electrons. The summed E-state index contributed by atoms with van der Waals surface area (Å²) in [5, 5.41) is 9.48. The van der Waals surface area contributed by atoms with Gasteiger partial charge in [0.15, 0.2) is 17.6 Å². The third-order valence-electron chi connectivity index (χ3n) is 2.55. The Kier molecular flexibility index (Phi) is 3.38. The van der Waals surface area contributed by atoms with Crippen LogP contribution in [0.3, 0.4) is 0 Å². The van der Waals surface area contributed by atoms with Crippen LogP contribution in [0.4, 0.5) is 5.82 Å². The van der Waals surface area contributed by atoms with Crippen molar-refractivity contribution in [1.29, 1.82) is 0 Å². The summed E-state index contributed by atoms with van der Waals surface area (Å²) in [7, 11) is 1.23. The first-order valence-electron chi connectivity index (χ1n) is 5.30. The number of aliphatic hydroxyl groups excluding tert-OH is 1. The Hall–Kier alpha value is -2.22. The number of aromatic nitrogens is 4. The molecule has 0 bridgehead atoms. The number of carbonyl (C=O) groups excluding carboxylic acids is 1. The summed E-state index contributed by atoms with van der Waals surface area (Å²) >= 11 is 0. The molecule has 0 saturated carbocycles. The average Bonchev–Trinajstić information content (AvgIpc) is 2.79. The van der Waals surface area contributed by atoms with Crippen LogP contribution in [0.1, 0.15) is 6.42 Å². The molecule has 1 atom stereocenters. The van der Waals surface area contributed by atoms with Crippen LogP contribution in [-0.4, -0.2) is 43.8 Å². The summed E-state index contributed by atoms with van der Waals surface area (Å²) in [6, 6.07) is 0. The lowest BCUT2D eigenvalue weighted by Crippen LogP contribution is -2.23. The fraction of sp³-hybridized carbons (Fsp3) is 0.400. The van der Waals surface area contributed by atoms with E-state index in [0.717, 1.165) is 0 Å². The molecule has 3 N–H and O–H groups in total. The van der Waals surface area contributed by atoms with Gasteiger partial charge in [-0.1, -0.05) is 0 Å². The van der Waals surface area contributed by atoms with E-state index in [1.54, 1.807) is 10.9 Å². The van der Waals surface area contributed by atoms with Crippen LogP contribution >= 0.6 is 0 Å². The summed E-state index contributed by atoms with van der Waals surface area (Å²) in [5.41, 5.74) is 6.72. The van der Waals surface area contributed by atoms with Crippen LogP contribution in [0.25, 0.3) is 11.2 Å². The Balaban J connectivity index is 2.13. The fourth-order valence-corrected chi connectivity index (χ4v) is 1.58.